The van der Waals surface area contributed by atoms with E-state index in [1.54, 1.807) is 12.1 Å². The molecule has 1 aromatic carbocycles. The highest BCUT2D eigenvalue weighted by Crippen LogP contribution is 2.27. The lowest BCUT2D eigenvalue weighted by molar-refractivity contribution is -0.140. The molecule has 0 bridgehead atoms. The van der Waals surface area contributed by atoms with Crippen molar-refractivity contribution in [1.82, 2.24) is 10.2 Å². The summed E-state index contributed by atoms with van der Waals surface area (Å²) in [5.74, 6) is -3.17. The molecule has 1 fully saturated rings. The predicted octanol–water partition coefficient (Wildman–Crippen LogP) is 0.0358. The second-order valence-corrected chi connectivity index (χ2v) is 4.60. The lowest BCUT2D eigenvalue weighted by Gasteiger charge is -2.29. The zero-order valence-corrected chi connectivity index (χ0v) is 10.1. The molecule has 3 rings (SSSR count). The number of imide groups is 2. The molecule has 102 valence electrons. The second-order valence-electron chi connectivity index (χ2n) is 4.60. The van der Waals surface area contributed by atoms with Crippen molar-refractivity contribution >= 4 is 23.6 Å². The smallest absolute Gasteiger partial charge is 0.262 e. The number of hydrogen-bond donors (Lipinski definition) is 1. The van der Waals surface area contributed by atoms with Crippen LogP contribution in [0.3, 0.4) is 0 Å². The minimum absolute atomic E-state index is 0.178. The average molecular weight is 276 g/mol. The topological polar surface area (TPSA) is 83.6 Å². The first-order valence-corrected chi connectivity index (χ1v) is 5.96. The molecule has 0 spiro atoms. The number of piperidine rings is 1. The van der Waals surface area contributed by atoms with Crippen molar-refractivity contribution in [2.45, 2.75) is 18.6 Å². The number of nitrogens with one attached hydrogen (secondary N) is 1. The molecule has 1 N–H and O–H groups in total. The number of nitrogens with zero attached hydrogens (tertiary/aromatic N) is 1. The number of halogens is 1. The fourth-order valence-corrected chi connectivity index (χ4v) is 2.41. The molecular weight excluding hydrogens is 267 g/mol. The molecule has 0 saturated carbocycles. The Kier molecular flexibility index (Phi) is 2.63. The summed E-state index contributed by atoms with van der Waals surface area (Å²) in [6.07, 6.45) is -2.42. The van der Waals surface area contributed by atoms with Gasteiger partial charge in [-0.15, -0.1) is 0 Å². The van der Waals surface area contributed by atoms with Gasteiger partial charge in [-0.25, -0.2) is 4.39 Å². The monoisotopic (exact) mass is 276 g/mol. The number of benzene rings is 1. The Morgan fingerprint density at radius 2 is 1.55 bits per heavy atom. The quantitative estimate of drug-likeness (QED) is 0.734. The van der Waals surface area contributed by atoms with Crippen molar-refractivity contribution in [2.24, 2.45) is 0 Å². The number of fused-ring (bicyclic) bond motifs is 1. The maximum atomic E-state index is 13.4. The van der Waals surface area contributed by atoms with E-state index in [2.05, 4.69) is 0 Å². The Hall–Kier alpha value is -2.57. The summed E-state index contributed by atoms with van der Waals surface area (Å²) < 4.78 is 13.4. The fourth-order valence-electron chi connectivity index (χ4n) is 2.41. The standard InChI is InChI=1S/C13H9FN2O4/c14-8-5-9(11(18)15-10(8)17)16-12(19)6-3-1-2-4-7(6)13(16)20/h1-4,8-9H,5H2,(H,15,17,18)/t8-,9+/m1/s1. The molecule has 0 radical (unpaired) electrons. The Morgan fingerprint density at radius 3 is 2.10 bits per heavy atom. The first-order valence-electron chi connectivity index (χ1n) is 5.96. The van der Waals surface area contributed by atoms with Crippen molar-refractivity contribution < 1.29 is 23.6 Å². The molecule has 4 amide bonds. The van der Waals surface area contributed by atoms with Gasteiger partial charge in [0.1, 0.15) is 6.04 Å². The molecule has 2 atom stereocenters. The van der Waals surface area contributed by atoms with Gasteiger partial charge in [0.25, 0.3) is 17.7 Å². The van der Waals surface area contributed by atoms with Crippen molar-refractivity contribution in [2.75, 3.05) is 0 Å². The number of alkyl halides is 1. The van der Waals surface area contributed by atoms with E-state index in [0.717, 1.165) is 4.90 Å². The SMILES string of the molecule is O=C1NC(=O)[C@@H](N2C(=O)c3ccccc3C2=O)C[C@H]1F. The number of amides is 4. The van der Waals surface area contributed by atoms with Gasteiger partial charge in [0, 0.05) is 6.42 Å². The Labute approximate surface area is 112 Å². The molecule has 0 aromatic heterocycles. The Bertz CT molecular complexity index is 623. The van der Waals surface area contributed by atoms with Crippen LogP contribution in [0.2, 0.25) is 0 Å². The third-order valence-electron chi connectivity index (χ3n) is 3.40. The first kappa shape index (κ1) is 12.5. The highest BCUT2D eigenvalue weighted by molar-refractivity contribution is 6.23. The second kappa shape index (κ2) is 4.22. The largest absolute Gasteiger partial charge is 0.292 e. The van der Waals surface area contributed by atoms with Gasteiger partial charge in [-0.1, -0.05) is 12.1 Å². The van der Waals surface area contributed by atoms with Gasteiger partial charge in [-0.05, 0) is 12.1 Å². The van der Waals surface area contributed by atoms with Crippen LogP contribution in [0.5, 0.6) is 0 Å². The van der Waals surface area contributed by atoms with Crippen LogP contribution in [-0.2, 0) is 9.59 Å². The van der Waals surface area contributed by atoms with E-state index in [9.17, 15) is 23.6 Å². The van der Waals surface area contributed by atoms with Crippen LogP contribution in [0.1, 0.15) is 27.1 Å². The summed E-state index contributed by atoms with van der Waals surface area (Å²) in [5.41, 5.74) is 0.357. The fraction of sp³-hybridized carbons (Fsp3) is 0.231. The summed E-state index contributed by atoms with van der Waals surface area (Å²) in [6.45, 7) is 0. The van der Waals surface area contributed by atoms with Crippen LogP contribution >= 0.6 is 0 Å². The molecule has 20 heavy (non-hydrogen) atoms. The summed E-state index contributed by atoms with van der Waals surface area (Å²) >= 11 is 0. The van der Waals surface area contributed by atoms with Crippen molar-refractivity contribution in [3.8, 4) is 0 Å². The van der Waals surface area contributed by atoms with Crippen molar-refractivity contribution in [1.29, 1.82) is 0 Å². The summed E-state index contributed by atoms with van der Waals surface area (Å²) in [4.78, 5) is 47.8. The van der Waals surface area contributed by atoms with Crippen LogP contribution < -0.4 is 5.32 Å². The van der Waals surface area contributed by atoms with E-state index < -0.39 is 42.3 Å². The lowest BCUT2D eigenvalue weighted by Crippen LogP contribution is -2.58. The van der Waals surface area contributed by atoms with E-state index >= 15 is 0 Å². The molecule has 2 aliphatic rings. The summed E-state index contributed by atoms with van der Waals surface area (Å²) in [5, 5.41) is 1.82. The van der Waals surface area contributed by atoms with Crippen LogP contribution in [0, 0.1) is 0 Å². The molecule has 1 saturated heterocycles. The van der Waals surface area contributed by atoms with Gasteiger partial charge < -0.3 is 0 Å². The Morgan fingerprint density at radius 1 is 1.00 bits per heavy atom. The van der Waals surface area contributed by atoms with Crippen LogP contribution in [0.4, 0.5) is 4.39 Å². The highest BCUT2D eigenvalue weighted by Gasteiger charge is 2.46. The Balaban J connectivity index is 1.97. The molecule has 2 heterocycles. The van der Waals surface area contributed by atoms with Gasteiger partial charge in [-0.3, -0.25) is 29.4 Å². The van der Waals surface area contributed by atoms with E-state index in [-0.39, 0.29) is 11.1 Å². The molecule has 7 heteroatoms. The molecule has 2 aliphatic heterocycles. The highest BCUT2D eigenvalue weighted by atomic mass is 19.1. The average Bonchev–Trinajstić information content (AvgIpc) is 2.68. The third-order valence-corrected chi connectivity index (χ3v) is 3.40. The normalized spacial score (nSPS) is 25.8. The van der Waals surface area contributed by atoms with Gasteiger partial charge in [-0.2, -0.15) is 0 Å². The minimum atomic E-state index is -1.91. The minimum Gasteiger partial charge on any atom is -0.292 e. The number of carbonyl (C=O) groups excluding carboxylic acids is 4. The van der Waals surface area contributed by atoms with Crippen LogP contribution in [-0.4, -0.2) is 40.7 Å². The third kappa shape index (κ3) is 1.63. The molecule has 0 unspecified atom stereocenters. The summed E-state index contributed by atoms with van der Waals surface area (Å²) in [7, 11) is 0. The molecular formula is C13H9FN2O4. The van der Waals surface area contributed by atoms with Gasteiger partial charge in [0.2, 0.25) is 5.91 Å². The maximum absolute atomic E-state index is 13.4. The van der Waals surface area contributed by atoms with E-state index in [4.69, 9.17) is 0 Å². The maximum Gasteiger partial charge on any atom is 0.262 e. The number of hydrogen-bond acceptors (Lipinski definition) is 4. The van der Waals surface area contributed by atoms with Crippen LogP contribution in [0.15, 0.2) is 24.3 Å². The van der Waals surface area contributed by atoms with Crippen molar-refractivity contribution in [3.05, 3.63) is 35.4 Å². The van der Waals surface area contributed by atoms with E-state index in [1.807, 2.05) is 5.32 Å². The van der Waals surface area contributed by atoms with E-state index in [0.29, 0.717) is 0 Å². The number of carbonyl (C=O) groups is 4. The zero-order valence-electron chi connectivity index (χ0n) is 10.1. The van der Waals surface area contributed by atoms with E-state index in [1.165, 1.54) is 12.1 Å². The van der Waals surface area contributed by atoms with Crippen molar-refractivity contribution in [3.63, 3.8) is 0 Å². The molecule has 1 aromatic rings. The van der Waals surface area contributed by atoms with Gasteiger partial charge in [0.15, 0.2) is 6.17 Å². The van der Waals surface area contributed by atoms with Gasteiger partial charge in [0.05, 0.1) is 11.1 Å². The predicted molar refractivity (Wildman–Crippen MR) is 63.4 cm³/mol. The number of rotatable bonds is 1. The van der Waals surface area contributed by atoms with Crippen LogP contribution in [0.25, 0.3) is 0 Å². The van der Waals surface area contributed by atoms with Gasteiger partial charge >= 0.3 is 0 Å². The lowest BCUT2D eigenvalue weighted by atomic mass is 10.0. The zero-order chi connectivity index (χ0) is 14.4. The molecule has 6 nitrogen and oxygen atoms in total. The molecule has 0 aliphatic carbocycles. The first-order chi connectivity index (χ1) is 9.50. The summed E-state index contributed by atoms with van der Waals surface area (Å²) in [6, 6.07) is 4.82.